The number of benzene rings is 1. The maximum absolute atomic E-state index is 13.3. The summed E-state index contributed by atoms with van der Waals surface area (Å²) < 4.78 is 26.3. The summed E-state index contributed by atoms with van der Waals surface area (Å²) in [6.07, 6.45) is 2.48. The zero-order valence-electron chi connectivity index (χ0n) is 11.1. The number of nitrogens with two attached hydrogens (primary N) is 1. The normalized spacial score (nSPS) is 20.2. The molecule has 2 aliphatic rings. The summed E-state index contributed by atoms with van der Waals surface area (Å²) >= 11 is 0. The smallest absolute Gasteiger partial charge is 0.256 e. The van der Waals surface area contributed by atoms with Gasteiger partial charge in [0.2, 0.25) is 0 Å². The fraction of sp³-hybridized carbons (Fsp3) is 0.500. The van der Waals surface area contributed by atoms with E-state index in [4.69, 9.17) is 5.73 Å². The molecule has 0 radical (unpaired) electrons. The Labute approximate surface area is 116 Å². The predicted octanol–water partition coefficient (Wildman–Crippen LogP) is 1.47. The first-order valence-corrected chi connectivity index (χ1v) is 6.84. The van der Waals surface area contributed by atoms with E-state index < -0.39 is 11.6 Å². The lowest BCUT2D eigenvalue weighted by molar-refractivity contribution is 0.0627. The number of piperazine rings is 1. The third-order valence-electron chi connectivity index (χ3n) is 3.99. The molecule has 1 aromatic carbocycles. The Bertz CT molecular complexity index is 537. The van der Waals surface area contributed by atoms with Crippen LogP contribution in [-0.2, 0) is 0 Å². The maximum atomic E-state index is 13.3. The molecule has 0 bridgehead atoms. The molecule has 2 fully saturated rings. The molecule has 20 heavy (non-hydrogen) atoms. The molecule has 0 unspecified atom stereocenters. The van der Waals surface area contributed by atoms with Gasteiger partial charge in [0, 0.05) is 44.0 Å². The van der Waals surface area contributed by atoms with Gasteiger partial charge in [0.25, 0.3) is 5.91 Å². The van der Waals surface area contributed by atoms with Crippen LogP contribution in [0.5, 0.6) is 0 Å². The highest BCUT2D eigenvalue weighted by Gasteiger charge is 2.32. The van der Waals surface area contributed by atoms with Crippen molar-refractivity contribution in [3.05, 3.63) is 29.3 Å². The number of amides is 1. The summed E-state index contributed by atoms with van der Waals surface area (Å²) in [7, 11) is 0. The first-order valence-electron chi connectivity index (χ1n) is 6.84. The minimum atomic E-state index is -1.04. The number of hydrogen-bond acceptors (Lipinski definition) is 3. The Morgan fingerprint density at radius 2 is 1.70 bits per heavy atom. The van der Waals surface area contributed by atoms with Crippen LogP contribution in [0, 0.1) is 11.6 Å². The predicted molar refractivity (Wildman–Crippen MR) is 71.3 cm³/mol. The molecule has 1 aliphatic heterocycles. The van der Waals surface area contributed by atoms with Crippen molar-refractivity contribution in [2.75, 3.05) is 31.9 Å². The highest BCUT2D eigenvalue weighted by atomic mass is 19.2. The lowest BCUT2D eigenvalue weighted by Crippen LogP contribution is -2.49. The van der Waals surface area contributed by atoms with Crippen LogP contribution in [-0.4, -0.2) is 47.9 Å². The van der Waals surface area contributed by atoms with E-state index in [9.17, 15) is 13.6 Å². The van der Waals surface area contributed by atoms with Crippen molar-refractivity contribution in [2.45, 2.75) is 18.9 Å². The van der Waals surface area contributed by atoms with Gasteiger partial charge >= 0.3 is 0 Å². The second-order valence-electron chi connectivity index (χ2n) is 5.41. The molecule has 2 N–H and O–H groups in total. The van der Waals surface area contributed by atoms with Gasteiger partial charge in [0.05, 0.1) is 5.56 Å². The summed E-state index contributed by atoms with van der Waals surface area (Å²) in [5.41, 5.74) is 5.65. The molecule has 1 aromatic rings. The Morgan fingerprint density at radius 1 is 1.10 bits per heavy atom. The van der Waals surface area contributed by atoms with Gasteiger partial charge in [0.1, 0.15) is 0 Å². The number of rotatable bonds is 2. The molecular weight excluding hydrogens is 264 g/mol. The van der Waals surface area contributed by atoms with E-state index in [1.54, 1.807) is 4.90 Å². The van der Waals surface area contributed by atoms with Gasteiger partial charge in [-0.05, 0) is 18.9 Å². The van der Waals surface area contributed by atoms with Crippen molar-refractivity contribution in [2.24, 2.45) is 0 Å². The van der Waals surface area contributed by atoms with E-state index in [0.29, 0.717) is 19.1 Å². The molecule has 0 atom stereocenters. The van der Waals surface area contributed by atoms with Crippen LogP contribution in [0.25, 0.3) is 0 Å². The molecule has 3 rings (SSSR count). The number of hydrogen-bond donors (Lipinski definition) is 1. The Hall–Kier alpha value is -1.69. The lowest BCUT2D eigenvalue weighted by atomic mass is 10.1. The number of halogens is 2. The average molecular weight is 281 g/mol. The molecule has 6 heteroatoms. The fourth-order valence-corrected chi connectivity index (χ4v) is 2.65. The van der Waals surface area contributed by atoms with E-state index >= 15 is 0 Å². The second-order valence-corrected chi connectivity index (χ2v) is 5.41. The van der Waals surface area contributed by atoms with Crippen molar-refractivity contribution >= 4 is 11.6 Å². The second kappa shape index (κ2) is 5.01. The maximum Gasteiger partial charge on any atom is 0.256 e. The van der Waals surface area contributed by atoms with Crippen molar-refractivity contribution < 1.29 is 13.6 Å². The Balaban J connectivity index is 1.71. The van der Waals surface area contributed by atoms with E-state index in [-0.39, 0.29) is 17.2 Å². The van der Waals surface area contributed by atoms with Crippen molar-refractivity contribution in [3.63, 3.8) is 0 Å². The van der Waals surface area contributed by atoms with Gasteiger partial charge in [-0.1, -0.05) is 0 Å². The van der Waals surface area contributed by atoms with Crippen LogP contribution >= 0.6 is 0 Å². The monoisotopic (exact) mass is 281 g/mol. The van der Waals surface area contributed by atoms with Crippen LogP contribution in [0.2, 0.25) is 0 Å². The van der Waals surface area contributed by atoms with Crippen LogP contribution < -0.4 is 5.73 Å². The molecule has 1 saturated heterocycles. The number of carbonyl (C=O) groups is 1. The molecule has 4 nitrogen and oxygen atoms in total. The molecule has 1 amide bonds. The fourth-order valence-electron chi connectivity index (χ4n) is 2.65. The first kappa shape index (κ1) is 13.3. The molecule has 0 spiro atoms. The van der Waals surface area contributed by atoms with Gasteiger partial charge in [-0.25, -0.2) is 8.78 Å². The highest BCUT2D eigenvalue weighted by molar-refractivity contribution is 5.99. The van der Waals surface area contributed by atoms with Crippen molar-refractivity contribution in [1.29, 1.82) is 0 Å². The SMILES string of the molecule is Nc1cc(F)c(F)cc1C(=O)N1CCN(C2CC2)CC1. The quantitative estimate of drug-likeness (QED) is 0.835. The third-order valence-corrected chi connectivity index (χ3v) is 3.99. The van der Waals surface area contributed by atoms with E-state index in [2.05, 4.69) is 4.90 Å². The number of nitrogen functional groups attached to an aromatic ring is 1. The first-order chi connectivity index (χ1) is 9.56. The van der Waals surface area contributed by atoms with Crippen LogP contribution in [0.1, 0.15) is 23.2 Å². The minimum absolute atomic E-state index is 0.0153. The molecule has 1 aliphatic carbocycles. The topological polar surface area (TPSA) is 49.6 Å². The molecule has 108 valence electrons. The Morgan fingerprint density at radius 3 is 2.30 bits per heavy atom. The van der Waals surface area contributed by atoms with Gasteiger partial charge in [-0.2, -0.15) is 0 Å². The van der Waals surface area contributed by atoms with Crippen LogP contribution in [0.3, 0.4) is 0 Å². The van der Waals surface area contributed by atoms with Gasteiger partial charge in [-0.3, -0.25) is 9.69 Å². The van der Waals surface area contributed by atoms with E-state index in [1.807, 2.05) is 0 Å². The van der Waals surface area contributed by atoms with E-state index in [0.717, 1.165) is 25.2 Å². The number of anilines is 1. The summed E-state index contributed by atoms with van der Waals surface area (Å²) in [5.74, 6) is -2.39. The van der Waals surface area contributed by atoms with Crippen LogP contribution in [0.4, 0.5) is 14.5 Å². The zero-order chi connectivity index (χ0) is 14.3. The van der Waals surface area contributed by atoms with Gasteiger partial charge in [0.15, 0.2) is 11.6 Å². The molecular formula is C14H17F2N3O. The lowest BCUT2D eigenvalue weighted by Gasteiger charge is -2.35. The van der Waals surface area contributed by atoms with Crippen molar-refractivity contribution in [1.82, 2.24) is 9.80 Å². The summed E-state index contributed by atoms with van der Waals surface area (Å²) in [5, 5.41) is 0. The summed E-state index contributed by atoms with van der Waals surface area (Å²) in [6, 6.07) is 2.43. The van der Waals surface area contributed by atoms with Gasteiger partial charge < -0.3 is 10.6 Å². The van der Waals surface area contributed by atoms with Crippen LogP contribution in [0.15, 0.2) is 12.1 Å². The van der Waals surface area contributed by atoms with Crippen molar-refractivity contribution in [3.8, 4) is 0 Å². The molecule has 1 heterocycles. The number of nitrogens with zero attached hydrogens (tertiary/aromatic N) is 2. The average Bonchev–Trinajstić information content (AvgIpc) is 3.27. The number of carbonyl (C=O) groups excluding carboxylic acids is 1. The highest BCUT2D eigenvalue weighted by Crippen LogP contribution is 2.28. The zero-order valence-corrected chi connectivity index (χ0v) is 11.1. The standard InChI is InChI=1S/C14H17F2N3O/c15-11-7-10(13(17)8-12(11)16)14(20)19-5-3-18(4-6-19)9-1-2-9/h7-9H,1-6,17H2. The third kappa shape index (κ3) is 2.47. The largest absolute Gasteiger partial charge is 0.398 e. The van der Waals surface area contributed by atoms with Gasteiger partial charge in [-0.15, -0.1) is 0 Å². The Kier molecular flexibility index (Phi) is 3.33. The minimum Gasteiger partial charge on any atom is -0.398 e. The summed E-state index contributed by atoms with van der Waals surface area (Å²) in [4.78, 5) is 16.3. The molecule has 0 aromatic heterocycles. The van der Waals surface area contributed by atoms with E-state index in [1.165, 1.54) is 12.8 Å². The summed E-state index contributed by atoms with van der Waals surface area (Å²) in [6.45, 7) is 2.88. The molecule has 1 saturated carbocycles.